The first-order valence-corrected chi connectivity index (χ1v) is 8.50. The summed E-state index contributed by atoms with van der Waals surface area (Å²) in [5.41, 5.74) is 1.50. The monoisotopic (exact) mass is 351 g/mol. The molecule has 23 heavy (non-hydrogen) atoms. The van der Waals surface area contributed by atoms with Crippen LogP contribution in [0.25, 0.3) is 0 Å². The number of thiophene rings is 1. The normalized spacial score (nSPS) is 11.8. The molecule has 0 spiro atoms. The zero-order chi connectivity index (χ0) is 16.8. The van der Waals surface area contributed by atoms with Crippen molar-refractivity contribution in [3.05, 3.63) is 51.2 Å². The number of carbonyl (C=O) groups excluding carboxylic acids is 2. The number of carbonyl (C=O) groups is 2. The van der Waals surface area contributed by atoms with Crippen molar-refractivity contribution in [1.82, 2.24) is 0 Å². The first-order valence-electron chi connectivity index (χ1n) is 7.24. The number of benzene rings is 1. The molecule has 1 amide bonds. The van der Waals surface area contributed by atoms with Gasteiger partial charge in [0.2, 0.25) is 0 Å². The Balaban J connectivity index is 1.84. The summed E-state index contributed by atoms with van der Waals surface area (Å²) in [6, 6.07) is 9.14. The van der Waals surface area contributed by atoms with Crippen molar-refractivity contribution in [2.24, 2.45) is 0 Å². The van der Waals surface area contributed by atoms with Crippen LogP contribution in [0.1, 0.15) is 23.8 Å². The van der Waals surface area contributed by atoms with Crippen molar-refractivity contribution >= 4 is 40.5 Å². The topological polar surface area (TPSA) is 55.4 Å². The molecule has 0 radical (unpaired) electrons. The Hall–Kier alpha value is -1.85. The lowest BCUT2D eigenvalue weighted by Crippen LogP contribution is -2.30. The molecule has 1 heterocycles. The average molecular weight is 352 g/mol. The summed E-state index contributed by atoms with van der Waals surface area (Å²) in [5, 5.41) is 5.22. The number of ether oxygens (including phenoxy) is 1. The highest BCUT2D eigenvalue weighted by molar-refractivity contribution is 7.09. The minimum Gasteiger partial charge on any atom is -0.453 e. The van der Waals surface area contributed by atoms with Crippen LogP contribution in [0.4, 0.5) is 5.69 Å². The predicted octanol–water partition coefficient (Wildman–Crippen LogP) is 4.21. The highest BCUT2D eigenvalue weighted by Crippen LogP contribution is 2.20. The molecule has 6 heteroatoms. The third-order valence-electron chi connectivity index (χ3n) is 3.29. The summed E-state index contributed by atoms with van der Waals surface area (Å²) in [6.45, 7) is 3.42. The minimum absolute atomic E-state index is 0.258. The summed E-state index contributed by atoms with van der Waals surface area (Å²) in [6.07, 6.45) is 0.0243. The van der Waals surface area contributed by atoms with Crippen LogP contribution in [0.2, 0.25) is 5.02 Å². The van der Waals surface area contributed by atoms with Crippen LogP contribution in [0, 0.1) is 6.92 Å². The van der Waals surface area contributed by atoms with Gasteiger partial charge >= 0.3 is 5.97 Å². The van der Waals surface area contributed by atoms with Crippen molar-refractivity contribution in [2.75, 3.05) is 5.32 Å². The molecule has 2 rings (SSSR count). The fourth-order valence-corrected chi connectivity index (χ4v) is 2.83. The van der Waals surface area contributed by atoms with Gasteiger partial charge in [-0.15, -0.1) is 11.3 Å². The van der Waals surface area contributed by atoms with Crippen LogP contribution < -0.4 is 5.32 Å². The van der Waals surface area contributed by atoms with E-state index in [4.69, 9.17) is 16.3 Å². The molecule has 2 aromatic rings. The van der Waals surface area contributed by atoms with Gasteiger partial charge in [0.15, 0.2) is 6.10 Å². The number of hydrogen-bond acceptors (Lipinski definition) is 4. The second kappa shape index (κ2) is 8.13. The number of halogens is 1. The number of esters is 1. The van der Waals surface area contributed by atoms with Crippen LogP contribution in [0.5, 0.6) is 0 Å². The van der Waals surface area contributed by atoms with Crippen LogP contribution in [0.3, 0.4) is 0 Å². The second-order valence-electron chi connectivity index (χ2n) is 5.16. The molecule has 0 saturated carbocycles. The molecule has 0 aliphatic rings. The highest BCUT2D eigenvalue weighted by atomic mass is 35.5. The van der Waals surface area contributed by atoms with Gasteiger partial charge in [0.05, 0.1) is 6.42 Å². The Morgan fingerprint density at radius 1 is 1.35 bits per heavy atom. The van der Waals surface area contributed by atoms with E-state index in [0.29, 0.717) is 17.1 Å². The summed E-state index contributed by atoms with van der Waals surface area (Å²) in [7, 11) is 0. The maximum Gasteiger partial charge on any atom is 0.306 e. The molecule has 0 bridgehead atoms. The van der Waals surface area contributed by atoms with E-state index in [1.54, 1.807) is 30.4 Å². The molecule has 0 unspecified atom stereocenters. The Bertz CT molecular complexity index is 685. The number of rotatable bonds is 6. The SMILES string of the molecule is Cc1ccc(Cl)cc1NC(=O)[C@@H](C)OC(=O)CCc1cccs1. The van der Waals surface area contributed by atoms with Gasteiger partial charge in [-0.3, -0.25) is 9.59 Å². The largest absolute Gasteiger partial charge is 0.453 e. The van der Waals surface area contributed by atoms with Gasteiger partial charge in [-0.25, -0.2) is 0 Å². The maximum absolute atomic E-state index is 12.1. The smallest absolute Gasteiger partial charge is 0.306 e. The summed E-state index contributed by atoms with van der Waals surface area (Å²) >= 11 is 7.51. The minimum atomic E-state index is -0.857. The van der Waals surface area contributed by atoms with Gasteiger partial charge in [-0.2, -0.15) is 0 Å². The lowest BCUT2D eigenvalue weighted by Gasteiger charge is -2.15. The molecule has 122 valence electrons. The Morgan fingerprint density at radius 2 is 2.13 bits per heavy atom. The molecule has 1 N–H and O–H groups in total. The Kier molecular flexibility index (Phi) is 6.19. The van der Waals surface area contributed by atoms with Crippen LogP contribution >= 0.6 is 22.9 Å². The molecule has 0 aliphatic carbocycles. The van der Waals surface area contributed by atoms with Crippen LogP contribution in [-0.4, -0.2) is 18.0 Å². The second-order valence-corrected chi connectivity index (χ2v) is 6.63. The maximum atomic E-state index is 12.1. The van der Waals surface area contributed by atoms with Gasteiger partial charge in [0.1, 0.15) is 0 Å². The highest BCUT2D eigenvalue weighted by Gasteiger charge is 2.18. The number of anilines is 1. The van der Waals surface area contributed by atoms with Crippen molar-refractivity contribution in [1.29, 1.82) is 0 Å². The Morgan fingerprint density at radius 3 is 2.83 bits per heavy atom. The van der Waals surface area contributed by atoms with Gasteiger partial charge in [-0.1, -0.05) is 23.7 Å². The van der Waals surface area contributed by atoms with Gasteiger partial charge in [0.25, 0.3) is 5.91 Å². The van der Waals surface area contributed by atoms with Crippen molar-refractivity contribution < 1.29 is 14.3 Å². The Labute approximate surface area is 144 Å². The summed E-state index contributed by atoms with van der Waals surface area (Å²) in [4.78, 5) is 25.0. The molecule has 1 aromatic carbocycles. The zero-order valence-electron chi connectivity index (χ0n) is 13.0. The van der Waals surface area contributed by atoms with Gasteiger partial charge < -0.3 is 10.1 Å². The third-order valence-corrected chi connectivity index (χ3v) is 4.46. The molecule has 1 aromatic heterocycles. The zero-order valence-corrected chi connectivity index (χ0v) is 14.5. The predicted molar refractivity (Wildman–Crippen MR) is 93.0 cm³/mol. The molecular weight excluding hydrogens is 334 g/mol. The molecule has 0 saturated heterocycles. The van der Waals surface area contributed by atoms with Gasteiger partial charge in [-0.05, 0) is 49.4 Å². The van der Waals surface area contributed by atoms with Gasteiger partial charge in [0, 0.05) is 15.6 Å². The van der Waals surface area contributed by atoms with E-state index >= 15 is 0 Å². The summed E-state index contributed by atoms with van der Waals surface area (Å²) in [5.74, 6) is -0.760. The quantitative estimate of drug-likeness (QED) is 0.793. The fourth-order valence-electron chi connectivity index (χ4n) is 1.95. The first kappa shape index (κ1) is 17.5. The lowest BCUT2D eigenvalue weighted by molar-refractivity contribution is -0.153. The van der Waals surface area contributed by atoms with Crippen LogP contribution in [0.15, 0.2) is 35.7 Å². The molecule has 1 atom stereocenters. The third kappa shape index (κ3) is 5.37. The van der Waals surface area contributed by atoms with Crippen molar-refractivity contribution in [3.63, 3.8) is 0 Å². The van der Waals surface area contributed by atoms with E-state index < -0.39 is 6.10 Å². The number of aryl methyl sites for hydroxylation is 2. The first-order chi connectivity index (χ1) is 11.0. The van der Waals surface area contributed by atoms with E-state index in [1.165, 1.54) is 0 Å². The van der Waals surface area contributed by atoms with Crippen molar-refractivity contribution in [3.8, 4) is 0 Å². The number of hydrogen-bond donors (Lipinski definition) is 1. The van der Waals surface area contributed by atoms with E-state index in [2.05, 4.69) is 5.32 Å². The van der Waals surface area contributed by atoms with E-state index in [-0.39, 0.29) is 18.3 Å². The number of nitrogens with one attached hydrogen (secondary N) is 1. The fraction of sp³-hybridized carbons (Fsp3) is 0.294. The average Bonchev–Trinajstić information content (AvgIpc) is 3.02. The molecule has 0 aliphatic heterocycles. The summed E-state index contributed by atoms with van der Waals surface area (Å²) < 4.78 is 5.17. The standard InChI is InChI=1S/C17H18ClNO3S/c1-11-5-6-13(18)10-15(11)19-17(21)12(2)22-16(20)8-7-14-4-3-9-23-14/h3-6,9-10,12H,7-8H2,1-2H3,(H,19,21)/t12-/m1/s1. The molecular formula is C17H18ClNO3S. The number of amides is 1. The lowest BCUT2D eigenvalue weighted by atomic mass is 10.2. The molecule has 4 nitrogen and oxygen atoms in total. The van der Waals surface area contributed by atoms with Crippen LogP contribution in [-0.2, 0) is 20.7 Å². The van der Waals surface area contributed by atoms with Crippen molar-refractivity contribution in [2.45, 2.75) is 32.8 Å². The van der Waals surface area contributed by atoms with E-state index in [9.17, 15) is 9.59 Å². The molecule has 0 fully saturated rings. The van der Waals surface area contributed by atoms with E-state index in [0.717, 1.165) is 10.4 Å². The van der Waals surface area contributed by atoms with E-state index in [1.807, 2.05) is 30.5 Å².